The average Bonchev–Trinajstić information content (AvgIpc) is 3.40. The van der Waals surface area contributed by atoms with Gasteiger partial charge in [0, 0.05) is 16.5 Å². The van der Waals surface area contributed by atoms with Crippen molar-refractivity contribution in [2.24, 2.45) is 0 Å². The minimum Gasteiger partial charge on any atom is -0.456 e. The molecule has 0 aliphatic carbocycles. The normalized spacial score (nSPS) is 17.7. The van der Waals surface area contributed by atoms with E-state index in [1.807, 2.05) is 54.9 Å². The second kappa shape index (κ2) is 8.47. The van der Waals surface area contributed by atoms with Crippen LogP contribution in [-0.2, 0) is 4.79 Å². The van der Waals surface area contributed by atoms with Crippen LogP contribution >= 0.6 is 11.8 Å². The molecular weight excluding hydrogens is 454 g/mol. The highest BCUT2D eigenvalue weighted by atomic mass is 32.2. The van der Waals surface area contributed by atoms with E-state index in [9.17, 15) is 4.79 Å². The molecular formula is C29H25N3O2S. The Kier molecular flexibility index (Phi) is 5.26. The molecule has 0 saturated carbocycles. The Morgan fingerprint density at radius 1 is 0.971 bits per heavy atom. The standard InChI is InChI=1S/C29H25N3O2S/c1-17-8-4-6-10-23(17)32-28-26(18(2)31-32)27(35-19(3)29(33)30-28)21-14-12-20(13-15-21)25-16-22-9-5-7-11-24(22)34-25/h4-16,19,27H,1-3H3,(H,30,33)/t19-,27+/m0/s1. The first-order chi connectivity index (χ1) is 17.0. The number of furan rings is 1. The molecule has 1 aliphatic heterocycles. The molecule has 0 fully saturated rings. The summed E-state index contributed by atoms with van der Waals surface area (Å²) in [5.74, 6) is 1.60. The molecule has 35 heavy (non-hydrogen) atoms. The van der Waals surface area contributed by atoms with Gasteiger partial charge in [-0.25, -0.2) is 4.68 Å². The summed E-state index contributed by atoms with van der Waals surface area (Å²) < 4.78 is 7.94. The van der Waals surface area contributed by atoms with E-state index in [2.05, 4.69) is 54.7 Å². The van der Waals surface area contributed by atoms with Gasteiger partial charge in [0.05, 0.1) is 21.9 Å². The average molecular weight is 480 g/mol. The number of nitrogens with zero attached hydrogens (tertiary/aromatic N) is 2. The number of thioether (sulfide) groups is 1. The summed E-state index contributed by atoms with van der Waals surface area (Å²) >= 11 is 1.65. The molecule has 2 aromatic heterocycles. The smallest absolute Gasteiger partial charge is 0.238 e. The Bertz CT molecular complexity index is 1530. The highest BCUT2D eigenvalue weighted by molar-refractivity contribution is 8.01. The number of nitrogens with one attached hydrogen (secondary N) is 1. The van der Waals surface area contributed by atoms with E-state index in [4.69, 9.17) is 9.52 Å². The minimum atomic E-state index is -0.202. The van der Waals surface area contributed by atoms with Crippen molar-refractivity contribution >= 4 is 34.5 Å². The summed E-state index contributed by atoms with van der Waals surface area (Å²) in [7, 11) is 0. The molecule has 174 valence electrons. The lowest BCUT2D eigenvalue weighted by atomic mass is 10.0. The molecule has 1 amide bonds. The molecule has 6 heteroatoms. The molecule has 0 radical (unpaired) electrons. The van der Waals surface area contributed by atoms with Crippen molar-refractivity contribution in [2.75, 3.05) is 5.32 Å². The molecule has 0 spiro atoms. The molecule has 6 rings (SSSR count). The van der Waals surface area contributed by atoms with Crippen LogP contribution in [0, 0.1) is 13.8 Å². The lowest BCUT2D eigenvalue weighted by molar-refractivity contribution is -0.115. The number of benzene rings is 3. The Balaban J connectivity index is 1.43. The van der Waals surface area contributed by atoms with Crippen molar-refractivity contribution < 1.29 is 9.21 Å². The Hall–Kier alpha value is -3.77. The quantitative estimate of drug-likeness (QED) is 0.301. The second-order valence-electron chi connectivity index (χ2n) is 8.96. The number of hydrogen-bond donors (Lipinski definition) is 1. The van der Waals surface area contributed by atoms with Gasteiger partial charge in [-0.05, 0) is 50.1 Å². The third-order valence-electron chi connectivity index (χ3n) is 6.59. The van der Waals surface area contributed by atoms with Crippen LogP contribution in [0.2, 0.25) is 0 Å². The topological polar surface area (TPSA) is 60.1 Å². The van der Waals surface area contributed by atoms with E-state index in [1.54, 1.807) is 11.8 Å². The summed E-state index contributed by atoms with van der Waals surface area (Å²) in [4.78, 5) is 13.0. The maximum absolute atomic E-state index is 13.0. The van der Waals surface area contributed by atoms with E-state index in [0.29, 0.717) is 0 Å². The third-order valence-corrected chi connectivity index (χ3v) is 7.99. The van der Waals surface area contributed by atoms with Gasteiger partial charge in [-0.2, -0.15) is 5.10 Å². The van der Waals surface area contributed by atoms with Gasteiger partial charge >= 0.3 is 0 Å². The minimum absolute atomic E-state index is 0.00706. The zero-order valence-corrected chi connectivity index (χ0v) is 20.6. The van der Waals surface area contributed by atoms with E-state index in [-0.39, 0.29) is 16.4 Å². The van der Waals surface area contributed by atoms with Crippen molar-refractivity contribution in [1.29, 1.82) is 0 Å². The van der Waals surface area contributed by atoms with Gasteiger partial charge in [-0.1, -0.05) is 60.7 Å². The lowest BCUT2D eigenvalue weighted by Crippen LogP contribution is -2.22. The van der Waals surface area contributed by atoms with Gasteiger partial charge in [0.25, 0.3) is 0 Å². The maximum atomic E-state index is 13.0. The van der Waals surface area contributed by atoms with Gasteiger partial charge in [0.1, 0.15) is 17.2 Å². The summed E-state index contributed by atoms with van der Waals surface area (Å²) in [5.41, 5.74) is 7.07. The van der Waals surface area contributed by atoms with Crippen LogP contribution in [0.1, 0.15) is 34.6 Å². The molecule has 0 bridgehead atoms. The van der Waals surface area contributed by atoms with Gasteiger partial charge in [0.2, 0.25) is 5.91 Å². The number of hydrogen-bond acceptors (Lipinski definition) is 4. The highest BCUT2D eigenvalue weighted by Crippen LogP contribution is 2.46. The monoisotopic (exact) mass is 479 g/mol. The fourth-order valence-electron chi connectivity index (χ4n) is 4.69. The molecule has 5 aromatic rings. The maximum Gasteiger partial charge on any atom is 0.238 e. The lowest BCUT2D eigenvalue weighted by Gasteiger charge is -2.17. The summed E-state index contributed by atoms with van der Waals surface area (Å²) in [6.45, 7) is 6.04. The third kappa shape index (κ3) is 3.74. The molecule has 1 aliphatic rings. The van der Waals surface area contributed by atoms with Crippen molar-refractivity contribution in [3.8, 4) is 17.0 Å². The molecule has 1 N–H and O–H groups in total. The van der Waals surface area contributed by atoms with Crippen molar-refractivity contribution in [3.63, 3.8) is 0 Å². The first kappa shape index (κ1) is 21.7. The van der Waals surface area contributed by atoms with Crippen molar-refractivity contribution in [2.45, 2.75) is 31.3 Å². The second-order valence-corrected chi connectivity index (χ2v) is 10.4. The number of carbonyl (C=O) groups excluding carboxylic acids is 1. The Morgan fingerprint density at radius 3 is 2.49 bits per heavy atom. The predicted octanol–water partition coefficient (Wildman–Crippen LogP) is 7.07. The van der Waals surface area contributed by atoms with Crippen molar-refractivity contribution in [1.82, 2.24) is 9.78 Å². The van der Waals surface area contributed by atoms with Gasteiger partial charge < -0.3 is 9.73 Å². The number of aromatic nitrogens is 2. The number of para-hydroxylation sites is 2. The van der Waals surface area contributed by atoms with Crippen LogP contribution in [-0.4, -0.2) is 20.9 Å². The highest BCUT2D eigenvalue weighted by Gasteiger charge is 2.34. The Labute approximate surface area is 208 Å². The van der Waals surface area contributed by atoms with Crippen LogP contribution in [0.15, 0.2) is 83.3 Å². The van der Waals surface area contributed by atoms with Crippen LogP contribution < -0.4 is 5.32 Å². The van der Waals surface area contributed by atoms with Crippen molar-refractivity contribution in [3.05, 3.63) is 101 Å². The van der Waals surface area contributed by atoms with Crippen LogP contribution in [0.25, 0.3) is 28.0 Å². The predicted molar refractivity (Wildman–Crippen MR) is 142 cm³/mol. The van der Waals surface area contributed by atoms with Gasteiger partial charge in [-0.15, -0.1) is 11.8 Å². The largest absolute Gasteiger partial charge is 0.456 e. The molecule has 3 heterocycles. The Morgan fingerprint density at radius 2 is 1.71 bits per heavy atom. The number of amides is 1. The molecule has 2 atom stereocenters. The van der Waals surface area contributed by atoms with E-state index >= 15 is 0 Å². The number of rotatable bonds is 3. The molecule has 0 unspecified atom stereocenters. The van der Waals surface area contributed by atoms with Crippen LogP contribution in [0.4, 0.5) is 5.82 Å². The molecule has 3 aromatic carbocycles. The first-order valence-corrected chi connectivity index (χ1v) is 12.6. The fraction of sp³-hybridized carbons (Fsp3) is 0.172. The fourth-order valence-corrected chi connectivity index (χ4v) is 6.02. The van der Waals surface area contributed by atoms with Gasteiger partial charge in [-0.3, -0.25) is 4.79 Å². The zero-order chi connectivity index (χ0) is 24.1. The molecule has 5 nitrogen and oxygen atoms in total. The van der Waals surface area contributed by atoms with E-state index < -0.39 is 0 Å². The van der Waals surface area contributed by atoms with Gasteiger partial charge in [0.15, 0.2) is 0 Å². The summed E-state index contributed by atoms with van der Waals surface area (Å²) in [6.07, 6.45) is 0. The number of aryl methyl sites for hydroxylation is 2. The van der Waals surface area contributed by atoms with Crippen LogP contribution in [0.3, 0.4) is 0 Å². The summed E-state index contributed by atoms with van der Waals surface area (Å²) in [5, 5.41) is 8.89. The summed E-state index contributed by atoms with van der Waals surface area (Å²) in [6, 6.07) is 26.7. The zero-order valence-electron chi connectivity index (χ0n) is 19.8. The number of anilines is 1. The first-order valence-electron chi connectivity index (χ1n) is 11.7. The van der Waals surface area contributed by atoms with Crippen LogP contribution in [0.5, 0.6) is 0 Å². The number of carbonyl (C=O) groups is 1. The SMILES string of the molecule is Cc1ccccc1-n1nc(C)c2c1NC(=O)[C@H](C)S[C@@H]2c1ccc(-c2cc3ccccc3o2)cc1. The number of fused-ring (bicyclic) bond motifs is 2. The van der Waals surface area contributed by atoms with E-state index in [0.717, 1.165) is 56.2 Å². The molecule has 0 saturated heterocycles. The van der Waals surface area contributed by atoms with E-state index in [1.165, 1.54) is 0 Å².